The molecule has 112 valence electrons. The zero-order valence-electron chi connectivity index (χ0n) is 13.0. The zero-order chi connectivity index (χ0) is 15.0. The number of hydrogen-bond acceptors (Lipinski definition) is 4. The Bertz CT molecular complexity index is 508. The van der Waals surface area contributed by atoms with Gasteiger partial charge >= 0.3 is 0 Å². The Morgan fingerprint density at radius 1 is 1.35 bits per heavy atom. The van der Waals surface area contributed by atoms with E-state index in [4.69, 9.17) is 15.0 Å². The number of nitrogens with zero attached hydrogens (tertiary/aromatic N) is 1. The Hall–Kier alpha value is -1.71. The van der Waals surface area contributed by atoms with Gasteiger partial charge < -0.3 is 15.0 Å². The number of fused-ring (bicyclic) bond motifs is 1. The standard InChI is InChI=1S/C8H8N2O2.C8H18/c1-11-5-3-2-4-6-7(5)8(9)10-12-6;1-4-6-7-8(3)5-2/h2-4H,1H3,(H2,9,10);8H,4-7H2,1-3H3. The average molecular weight is 278 g/mol. The molecule has 2 aromatic rings. The minimum atomic E-state index is 0.363. The molecule has 0 aliphatic rings. The SMILES string of the molecule is CCCCC(C)CC.COc1cccc2onc(N)c12. The van der Waals surface area contributed by atoms with Gasteiger partial charge in [0.05, 0.1) is 7.11 Å². The average Bonchev–Trinajstić information content (AvgIpc) is 2.87. The maximum atomic E-state index is 5.57. The molecule has 0 aliphatic heterocycles. The van der Waals surface area contributed by atoms with Gasteiger partial charge in [-0.3, -0.25) is 0 Å². The van der Waals surface area contributed by atoms with Gasteiger partial charge in [0, 0.05) is 0 Å². The molecule has 1 aromatic heterocycles. The third-order valence-electron chi connectivity index (χ3n) is 3.45. The molecule has 1 atom stereocenters. The van der Waals surface area contributed by atoms with Crippen LogP contribution in [0.5, 0.6) is 5.75 Å². The summed E-state index contributed by atoms with van der Waals surface area (Å²) in [6.45, 7) is 6.85. The fourth-order valence-corrected chi connectivity index (χ4v) is 1.91. The molecule has 1 unspecified atom stereocenters. The quantitative estimate of drug-likeness (QED) is 0.865. The summed E-state index contributed by atoms with van der Waals surface area (Å²) in [5.41, 5.74) is 6.21. The third-order valence-corrected chi connectivity index (χ3v) is 3.45. The number of nitrogen functional groups attached to an aromatic ring is 1. The highest BCUT2D eigenvalue weighted by Crippen LogP contribution is 2.29. The van der Waals surface area contributed by atoms with E-state index in [1.807, 2.05) is 12.1 Å². The molecule has 0 saturated carbocycles. The van der Waals surface area contributed by atoms with Crippen molar-refractivity contribution in [1.29, 1.82) is 0 Å². The smallest absolute Gasteiger partial charge is 0.178 e. The van der Waals surface area contributed by atoms with Gasteiger partial charge in [-0.25, -0.2) is 0 Å². The lowest BCUT2D eigenvalue weighted by Gasteiger charge is -2.04. The number of nitrogens with two attached hydrogens (primary N) is 1. The zero-order valence-corrected chi connectivity index (χ0v) is 13.0. The highest BCUT2D eigenvalue weighted by atomic mass is 16.5. The fraction of sp³-hybridized carbons (Fsp3) is 0.562. The monoisotopic (exact) mass is 278 g/mol. The number of benzene rings is 1. The second-order valence-corrected chi connectivity index (χ2v) is 5.06. The van der Waals surface area contributed by atoms with E-state index in [0.29, 0.717) is 17.2 Å². The van der Waals surface area contributed by atoms with Crippen LogP contribution in [0.15, 0.2) is 22.7 Å². The molecule has 4 heteroatoms. The number of ether oxygens (including phenoxy) is 1. The Morgan fingerprint density at radius 2 is 2.10 bits per heavy atom. The van der Waals surface area contributed by atoms with Crippen LogP contribution >= 0.6 is 0 Å². The van der Waals surface area contributed by atoms with E-state index in [1.165, 1.54) is 25.7 Å². The van der Waals surface area contributed by atoms with Gasteiger partial charge in [-0.05, 0) is 18.1 Å². The highest BCUT2D eigenvalue weighted by molar-refractivity contribution is 5.92. The van der Waals surface area contributed by atoms with Gasteiger partial charge in [0.25, 0.3) is 0 Å². The summed E-state index contributed by atoms with van der Waals surface area (Å²) in [4.78, 5) is 0. The number of methoxy groups -OCH3 is 1. The van der Waals surface area contributed by atoms with Crippen LogP contribution in [0, 0.1) is 5.92 Å². The van der Waals surface area contributed by atoms with E-state index in [1.54, 1.807) is 13.2 Å². The lowest BCUT2D eigenvalue weighted by atomic mass is 10.0. The Morgan fingerprint density at radius 3 is 2.70 bits per heavy atom. The molecule has 20 heavy (non-hydrogen) atoms. The van der Waals surface area contributed by atoms with Crippen molar-refractivity contribution in [1.82, 2.24) is 5.16 Å². The van der Waals surface area contributed by atoms with Gasteiger partial charge in [0.1, 0.15) is 11.1 Å². The Labute approximate surface area is 121 Å². The van der Waals surface area contributed by atoms with Gasteiger partial charge in [0.2, 0.25) is 0 Å². The van der Waals surface area contributed by atoms with Gasteiger partial charge in [-0.2, -0.15) is 0 Å². The number of hydrogen-bond donors (Lipinski definition) is 1. The molecule has 0 fully saturated rings. The van der Waals surface area contributed by atoms with Crippen LogP contribution in [-0.2, 0) is 0 Å². The largest absolute Gasteiger partial charge is 0.496 e. The van der Waals surface area contributed by atoms with E-state index < -0.39 is 0 Å². The van der Waals surface area contributed by atoms with E-state index in [9.17, 15) is 0 Å². The first-order valence-corrected chi connectivity index (χ1v) is 7.31. The molecule has 0 bridgehead atoms. The maximum absolute atomic E-state index is 5.57. The maximum Gasteiger partial charge on any atom is 0.178 e. The summed E-state index contributed by atoms with van der Waals surface area (Å²) < 4.78 is 10.0. The van der Waals surface area contributed by atoms with Crippen LogP contribution < -0.4 is 10.5 Å². The van der Waals surface area contributed by atoms with E-state index in [-0.39, 0.29) is 0 Å². The molecule has 2 N–H and O–H groups in total. The summed E-state index contributed by atoms with van der Waals surface area (Å²) in [7, 11) is 1.58. The van der Waals surface area contributed by atoms with Gasteiger partial charge in [0.15, 0.2) is 11.4 Å². The van der Waals surface area contributed by atoms with Gasteiger partial charge in [-0.1, -0.05) is 57.7 Å². The van der Waals surface area contributed by atoms with Crippen molar-refractivity contribution in [3.63, 3.8) is 0 Å². The van der Waals surface area contributed by atoms with Crippen LogP contribution in [-0.4, -0.2) is 12.3 Å². The molecule has 0 aliphatic carbocycles. The molecule has 1 heterocycles. The third kappa shape index (κ3) is 4.44. The number of anilines is 1. The van der Waals surface area contributed by atoms with Crippen molar-refractivity contribution >= 4 is 16.8 Å². The molecule has 4 nitrogen and oxygen atoms in total. The summed E-state index contributed by atoms with van der Waals surface area (Å²) in [6, 6.07) is 5.43. The molecule has 2 rings (SSSR count). The predicted octanol–water partition coefficient (Wildman–Crippen LogP) is 4.64. The lowest BCUT2D eigenvalue weighted by molar-refractivity contribution is 0.419. The van der Waals surface area contributed by atoms with E-state index >= 15 is 0 Å². The van der Waals surface area contributed by atoms with Gasteiger partial charge in [-0.15, -0.1) is 0 Å². The minimum Gasteiger partial charge on any atom is -0.496 e. The van der Waals surface area contributed by atoms with E-state index in [0.717, 1.165) is 11.3 Å². The summed E-state index contributed by atoms with van der Waals surface area (Å²) in [5, 5.41) is 4.36. The van der Waals surface area contributed by atoms with Crippen LogP contribution in [0.2, 0.25) is 0 Å². The first-order valence-electron chi connectivity index (χ1n) is 7.31. The molecule has 0 spiro atoms. The topological polar surface area (TPSA) is 61.3 Å². The molecule has 1 aromatic carbocycles. The summed E-state index contributed by atoms with van der Waals surface area (Å²) in [6.07, 6.45) is 5.53. The van der Waals surface area contributed by atoms with Crippen LogP contribution in [0.3, 0.4) is 0 Å². The first-order chi connectivity index (χ1) is 9.63. The van der Waals surface area contributed by atoms with Crippen LogP contribution in [0.25, 0.3) is 11.0 Å². The van der Waals surface area contributed by atoms with Crippen molar-refractivity contribution in [3.05, 3.63) is 18.2 Å². The molecule has 0 amide bonds. The lowest BCUT2D eigenvalue weighted by Crippen LogP contribution is -1.89. The number of unbranched alkanes of at least 4 members (excludes halogenated alkanes) is 1. The van der Waals surface area contributed by atoms with Crippen molar-refractivity contribution < 1.29 is 9.26 Å². The second-order valence-electron chi connectivity index (χ2n) is 5.06. The molecule has 0 radical (unpaired) electrons. The summed E-state index contributed by atoms with van der Waals surface area (Å²) >= 11 is 0. The van der Waals surface area contributed by atoms with Crippen molar-refractivity contribution in [2.45, 2.75) is 46.5 Å². The highest BCUT2D eigenvalue weighted by Gasteiger charge is 2.09. The molecular formula is C16H26N2O2. The molecular weight excluding hydrogens is 252 g/mol. The summed E-state index contributed by atoms with van der Waals surface area (Å²) in [5.74, 6) is 2.00. The van der Waals surface area contributed by atoms with Crippen molar-refractivity contribution in [2.24, 2.45) is 5.92 Å². The number of rotatable bonds is 5. The molecule has 0 saturated heterocycles. The second kappa shape index (κ2) is 8.46. The normalized spacial score (nSPS) is 11.8. The van der Waals surface area contributed by atoms with Crippen LogP contribution in [0.1, 0.15) is 46.5 Å². The minimum absolute atomic E-state index is 0.363. The van der Waals surface area contributed by atoms with Crippen LogP contribution in [0.4, 0.5) is 5.82 Å². The van der Waals surface area contributed by atoms with Crippen molar-refractivity contribution in [2.75, 3.05) is 12.8 Å². The predicted molar refractivity (Wildman–Crippen MR) is 84.0 cm³/mol. The number of aromatic nitrogens is 1. The van der Waals surface area contributed by atoms with E-state index in [2.05, 4.69) is 25.9 Å². The first kappa shape index (κ1) is 16.3. The Kier molecular flexibility index (Phi) is 6.91. The van der Waals surface area contributed by atoms with Crippen molar-refractivity contribution in [3.8, 4) is 5.75 Å². The Balaban J connectivity index is 0.000000221. The fourth-order valence-electron chi connectivity index (χ4n) is 1.91.